The topological polar surface area (TPSA) is 72.3 Å². The van der Waals surface area contributed by atoms with Gasteiger partial charge in [0.2, 0.25) is 5.78 Å². The molecule has 0 bridgehead atoms. The molecule has 0 fully saturated rings. The fraction of sp³-hybridized carbons (Fsp3) is 0.190. The maximum absolute atomic E-state index is 13.7. The van der Waals surface area contributed by atoms with E-state index in [4.69, 9.17) is 4.74 Å². The van der Waals surface area contributed by atoms with Gasteiger partial charge in [0.05, 0.1) is 13.2 Å². The highest BCUT2D eigenvalue weighted by molar-refractivity contribution is 5.56. The minimum Gasteiger partial charge on any atom is -0.371 e. The molecule has 2 heterocycles. The molecule has 6 nitrogen and oxygen atoms in total. The lowest BCUT2D eigenvalue weighted by Gasteiger charge is -2.15. The molecule has 0 spiro atoms. The van der Waals surface area contributed by atoms with Crippen molar-refractivity contribution in [3.8, 4) is 11.4 Å². The first-order valence-electron chi connectivity index (χ1n) is 9.00. The molecule has 0 aliphatic heterocycles. The number of hydrogen-bond acceptors (Lipinski definition) is 4. The van der Waals surface area contributed by atoms with E-state index in [2.05, 4.69) is 15.1 Å². The number of halogens is 2. The molecular formula is C21H18F2N4O2. The van der Waals surface area contributed by atoms with Crippen molar-refractivity contribution >= 4 is 5.78 Å². The maximum Gasteiger partial charge on any atom is 0.275 e. The average molecular weight is 396 g/mol. The second kappa shape index (κ2) is 7.56. The minimum absolute atomic E-state index is 0.00519. The first-order valence-corrected chi connectivity index (χ1v) is 9.00. The Morgan fingerprint density at radius 1 is 1.07 bits per heavy atom. The summed E-state index contributed by atoms with van der Waals surface area (Å²) in [5, 5.41) is 4.23. The molecule has 2 aromatic carbocycles. The Kier molecular flexibility index (Phi) is 4.94. The highest BCUT2D eigenvalue weighted by atomic mass is 19.3. The monoisotopic (exact) mass is 396 g/mol. The Balaban J connectivity index is 1.53. The molecular weight excluding hydrogens is 378 g/mol. The number of H-pyrrole nitrogens is 1. The first kappa shape index (κ1) is 18.9. The molecule has 4 rings (SSSR count). The Morgan fingerprint density at radius 3 is 2.55 bits per heavy atom. The van der Waals surface area contributed by atoms with Crippen LogP contribution in [0.25, 0.3) is 17.2 Å². The van der Waals surface area contributed by atoms with Crippen molar-refractivity contribution in [2.45, 2.75) is 26.1 Å². The van der Waals surface area contributed by atoms with Crippen molar-refractivity contribution in [2.75, 3.05) is 0 Å². The molecule has 0 amide bonds. The van der Waals surface area contributed by atoms with E-state index in [-0.39, 0.29) is 30.1 Å². The van der Waals surface area contributed by atoms with Gasteiger partial charge in [-0.2, -0.15) is 9.50 Å². The zero-order valence-electron chi connectivity index (χ0n) is 15.6. The quantitative estimate of drug-likeness (QED) is 0.536. The van der Waals surface area contributed by atoms with Crippen molar-refractivity contribution in [1.29, 1.82) is 0 Å². The lowest BCUT2D eigenvalue weighted by Crippen LogP contribution is -2.16. The Hall–Kier alpha value is -3.39. The van der Waals surface area contributed by atoms with Gasteiger partial charge in [-0.15, -0.1) is 5.10 Å². The van der Waals surface area contributed by atoms with Crippen molar-refractivity contribution in [1.82, 2.24) is 19.6 Å². The van der Waals surface area contributed by atoms with E-state index in [9.17, 15) is 13.6 Å². The number of benzene rings is 2. The third-order valence-electron chi connectivity index (χ3n) is 4.42. The summed E-state index contributed by atoms with van der Waals surface area (Å²) in [6.45, 7) is 0.893. The molecule has 0 radical (unpaired) electrons. The smallest absolute Gasteiger partial charge is 0.275 e. The van der Waals surface area contributed by atoms with Crippen LogP contribution < -0.4 is 5.56 Å². The molecule has 0 unspecified atom stereocenters. The maximum atomic E-state index is 13.7. The van der Waals surface area contributed by atoms with Crippen LogP contribution in [0.15, 0.2) is 65.5 Å². The predicted molar refractivity (Wildman–Crippen MR) is 104 cm³/mol. The van der Waals surface area contributed by atoms with E-state index in [1.165, 1.54) is 16.6 Å². The molecule has 4 aromatic rings. The zero-order chi connectivity index (χ0) is 20.4. The molecule has 29 heavy (non-hydrogen) atoms. The lowest BCUT2D eigenvalue weighted by molar-refractivity contribution is 0.0133. The SMILES string of the molecule is CC(F)(F)c1ccccc1COCc1cc(=O)n2nc(-c3ccccc3)nc2[nH]1. The van der Waals surface area contributed by atoms with Gasteiger partial charge < -0.3 is 9.72 Å². The summed E-state index contributed by atoms with van der Waals surface area (Å²) >= 11 is 0. The van der Waals surface area contributed by atoms with E-state index in [0.717, 1.165) is 12.5 Å². The summed E-state index contributed by atoms with van der Waals surface area (Å²) in [5.41, 5.74) is 1.24. The van der Waals surface area contributed by atoms with E-state index in [0.29, 0.717) is 17.1 Å². The van der Waals surface area contributed by atoms with E-state index >= 15 is 0 Å². The fourth-order valence-corrected chi connectivity index (χ4v) is 3.07. The molecule has 0 aliphatic rings. The van der Waals surface area contributed by atoms with Gasteiger partial charge in [0.15, 0.2) is 5.82 Å². The summed E-state index contributed by atoms with van der Waals surface area (Å²) in [6.07, 6.45) is 0. The largest absolute Gasteiger partial charge is 0.371 e. The third-order valence-corrected chi connectivity index (χ3v) is 4.42. The van der Waals surface area contributed by atoms with Crippen LogP contribution >= 0.6 is 0 Å². The molecule has 0 aliphatic carbocycles. The number of ether oxygens (including phenoxy) is 1. The minimum atomic E-state index is -2.96. The predicted octanol–water partition coefficient (Wildman–Crippen LogP) is 3.91. The van der Waals surface area contributed by atoms with Crippen molar-refractivity contribution < 1.29 is 13.5 Å². The van der Waals surface area contributed by atoms with Crippen LogP contribution in [0.2, 0.25) is 0 Å². The zero-order valence-corrected chi connectivity index (χ0v) is 15.6. The molecule has 0 atom stereocenters. The van der Waals surface area contributed by atoms with E-state index in [1.54, 1.807) is 18.2 Å². The Bertz CT molecular complexity index is 1200. The standard InChI is InChI=1S/C21H18F2N4O2/c1-21(22,23)17-10-6-5-9-15(17)12-29-13-16-11-18(28)27-20(24-16)25-19(26-27)14-7-3-2-4-8-14/h2-11H,12-13H2,1H3,(H,24,25,26). The van der Waals surface area contributed by atoms with Crippen LogP contribution in [0, 0.1) is 0 Å². The van der Waals surface area contributed by atoms with E-state index < -0.39 is 5.92 Å². The van der Waals surface area contributed by atoms with Gasteiger partial charge in [-0.25, -0.2) is 8.78 Å². The van der Waals surface area contributed by atoms with Gasteiger partial charge in [0.25, 0.3) is 11.5 Å². The molecule has 1 N–H and O–H groups in total. The van der Waals surface area contributed by atoms with Crippen LogP contribution in [0.5, 0.6) is 0 Å². The van der Waals surface area contributed by atoms with Gasteiger partial charge in [-0.05, 0) is 5.56 Å². The van der Waals surface area contributed by atoms with Crippen LogP contribution in [0.4, 0.5) is 8.78 Å². The number of rotatable bonds is 6. The number of aromatic nitrogens is 4. The normalized spacial score (nSPS) is 11.8. The summed E-state index contributed by atoms with van der Waals surface area (Å²) in [7, 11) is 0. The summed E-state index contributed by atoms with van der Waals surface area (Å²) < 4.78 is 34.2. The van der Waals surface area contributed by atoms with Crippen molar-refractivity contribution in [2.24, 2.45) is 0 Å². The number of nitrogens with zero attached hydrogens (tertiary/aromatic N) is 3. The summed E-state index contributed by atoms with van der Waals surface area (Å²) in [5.74, 6) is -2.24. The van der Waals surface area contributed by atoms with Gasteiger partial charge >= 0.3 is 0 Å². The molecule has 8 heteroatoms. The van der Waals surface area contributed by atoms with Crippen LogP contribution in [0.3, 0.4) is 0 Å². The second-order valence-electron chi connectivity index (χ2n) is 6.71. The second-order valence-corrected chi connectivity index (χ2v) is 6.71. The number of aromatic amines is 1. The van der Waals surface area contributed by atoms with Crippen LogP contribution in [-0.4, -0.2) is 19.6 Å². The highest BCUT2D eigenvalue weighted by Crippen LogP contribution is 2.30. The lowest BCUT2D eigenvalue weighted by atomic mass is 10.0. The van der Waals surface area contributed by atoms with Crippen LogP contribution in [-0.2, 0) is 23.9 Å². The molecule has 0 saturated heterocycles. The van der Waals surface area contributed by atoms with Gasteiger partial charge in [-0.1, -0.05) is 54.6 Å². The van der Waals surface area contributed by atoms with E-state index in [1.807, 2.05) is 30.3 Å². The third kappa shape index (κ3) is 4.07. The van der Waals surface area contributed by atoms with Crippen molar-refractivity contribution in [3.63, 3.8) is 0 Å². The number of alkyl halides is 2. The van der Waals surface area contributed by atoms with Crippen molar-refractivity contribution in [3.05, 3.63) is 87.8 Å². The molecule has 148 valence electrons. The highest BCUT2D eigenvalue weighted by Gasteiger charge is 2.26. The number of nitrogens with one attached hydrogen (secondary N) is 1. The van der Waals surface area contributed by atoms with Gasteiger partial charge in [0.1, 0.15) is 0 Å². The first-order chi connectivity index (χ1) is 13.9. The summed E-state index contributed by atoms with van der Waals surface area (Å²) in [4.78, 5) is 19.7. The Morgan fingerprint density at radius 2 is 1.79 bits per heavy atom. The number of hydrogen-bond donors (Lipinski definition) is 1. The molecule has 0 saturated carbocycles. The van der Waals surface area contributed by atoms with Gasteiger partial charge in [-0.3, -0.25) is 4.79 Å². The average Bonchev–Trinajstić information content (AvgIpc) is 3.13. The summed E-state index contributed by atoms with van der Waals surface area (Å²) in [6, 6.07) is 16.9. The molecule has 2 aromatic heterocycles. The Labute approximate surface area is 164 Å². The van der Waals surface area contributed by atoms with Gasteiger partial charge in [0, 0.05) is 29.8 Å². The van der Waals surface area contributed by atoms with Crippen LogP contribution in [0.1, 0.15) is 23.7 Å². The fourth-order valence-electron chi connectivity index (χ4n) is 3.07. The number of fused-ring (bicyclic) bond motifs is 1.